The number of nitrogens with zero attached hydrogens (tertiary/aromatic N) is 2. The van der Waals surface area contributed by atoms with Crippen molar-refractivity contribution in [1.29, 1.82) is 0 Å². The van der Waals surface area contributed by atoms with E-state index in [0.29, 0.717) is 32.3 Å². The number of carbonyl (C=O) groups is 1. The molecule has 0 unspecified atom stereocenters. The molecule has 0 N–H and O–H groups in total. The van der Waals surface area contributed by atoms with E-state index in [9.17, 15) is 9.59 Å². The number of amides is 1. The summed E-state index contributed by atoms with van der Waals surface area (Å²) in [6, 6.07) is 11.3. The van der Waals surface area contributed by atoms with Gasteiger partial charge in [0.25, 0.3) is 5.91 Å². The van der Waals surface area contributed by atoms with Crippen molar-refractivity contribution < 1.29 is 13.7 Å². The molecule has 1 atom stereocenters. The predicted molar refractivity (Wildman–Crippen MR) is 118 cm³/mol. The van der Waals surface area contributed by atoms with Crippen molar-refractivity contribution in [3.63, 3.8) is 0 Å². The Hall–Kier alpha value is -3.09. The molecule has 0 spiro atoms. The molecular weight excluding hydrogens is 439 g/mol. The van der Waals surface area contributed by atoms with Crippen molar-refractivity contribution in [2.24, 2.45) is 0 Å². The first-order chi connectivity index (χ1) is 14.9. The number of hydrogen-bond acceptors (Lipinski definition) is 5. The van der Waals surface area contributed by atoms with Crippen LogP contribution in [0.4, 0.5) is 5.82 Å². The lowest BCUT2D eigenvalue weighted by molar-refractivity contribution is 0.0969. The van der Waals surface area contributed by atoms with Crippen LogP contribution in [0.25, 0.3) is 11.0 Å². The highest BCUT2D eigenvalue weighted by atomic mass is 35.5. The largest absolute Gasteiger partial charge is 0.450 e. The van der Waals surface area contributed by atoms with Crippen molar-refractivity contribution in [3.05, 3.63) is 90.9 Å². The quantitative estimate of drug-likeness (QED) is 0.396. The molecule has 6 nitrogen and oxygen atoms in total. The number of benzene rings is 2. The fraction of sp³-hybridized carbons (Fsp3) is 0.174. The molecule has 0 bridgehead atoms. The summed E-state index contributed by atoms with van der Waals surface area (Å²) in [6.45, 7) is 3.73. The molecule has 2 aromatic heterocycles. The molecule has 0 fully saturated rings. The number of fused-ring (bicyclic) bond motifs is 2. The normalized spacial score (nSPS) is 15.7. The molecule has 5 rings (SSSR count). The van der Waals surface area contributed by atoms with E-state index in [2.05, 4.69) is 5.16 Å². The van der Waals surface area contributed by atoms with E-state index in [1.54, 1.807) is 43.3 Å². The molecule has 3 heterocycles. The SMILES string of the molecule is CCc1ccc2oc3c(c(=O)c2c1)[C@@H](c1ccc(Cl)c(Cl)c1)N(c1cc(C)on1)C3=O. The van der Waals surface area contributed by atoms with Gasteiger partial charge in [-0.15, -0.1) is 0 Å². The monoisotopic (exact) mass is 454 g/mol. The van der Waals surface area contributed by atoms with Gasteiger partial charge in [-0.1, -0.05) is 47.4 Å². The summed E-state index contributed by atoms with van der Waals surface area (Å²) in [5.74, 6) is 0.322. The number of aromatic nitrogens is 1. The second-order valence-electron chi connectivity index (χ2n) is 7.41. The van der Waals surface area contributed by atoms with Crippen molar-refractivity contribution in [3.8, 4) is 0 Å². The molecule has 1 amide bonds. The van der Waals surface area contributed by atoms with Crippen LogP contribution in [0.2, 0.25) is 10.0 Å². The summed E-state index contributed by atoms with van der Waals surface area (Å²) >= 11 is 12.4. The number of carbonyl (C=O) groups excluding carboxylic acids is 1. The molecule has 0 radical (unpaired) electrons. The standard InChI is InChI=1S/C23H16Cl2N2O4/c1-3-12-4-7-17-14(9-12)21(28)19-20(13-5-6-15(24)16(25)10-13)27(23(29)22(19)30-17)18-8-11(2)31-26-18/h4-10,20H,3H2,1-2H3/t20-/m1/s1. The maximum atomic E-state index is 13.6. The van der Waals surface area contributed by atoms with Gasteiger partial charge in [0, 0.05) is 6.07 Å². The summed E-state index contributed by atoms with van der Waals surface area (Å²) in [5, 5.41) is 5.11. The highest BCUT2D eigenvalue weighted by Gasteiger charge is 2.45. The third-order valence-electron chi connectivity index (χ3n) is 5.46. The van der Waals surface area contributed by atoms with E-state index in [-0.39, 0.29) is 22.6 Å². The Kier molecular flexibility index (Phi) is 4.64. The second-order valence-corrected chi connectivity index (χ2v) is 8.22. The molecule has 31 heavy (non-hydrogen) atoms. The molecule has 0 saturated carbocycles. The number of hydrogen-bond donors (Lipinski definition) is 0. The van der Waals surface area contributed by atoms with Gasteiger partial charge < -0.3 is 8.94 Å². The molecule has 0 aliphatic carbocycles. The summed E-state index contributed by atoms with van der Waals surface area (Å²) in [7, 11) is 0. The van der Waals surface area contributed by atoms with Crippen molar-refractivity contribution in [2.75, 3.05) is 4.90 Å². The van der Waals surface area contributed by atoms with Gasteiger partial charge in [-0.25, -0.2) is 0 Å². The van der Waals surface area contributed by atoms with Crippen molar-refractivity contribution >= 4 is 45.9 Å². The average molecular weight is 455 g/mol. The number of halogens is 2. The third kappa shape index (κ3) is 3.06. The van der Waals surface area contributed by atoms with E-state index >= 15 is 0 Å². The van der Waals surface area contributed by atoms with Gasteiger partial charge in [0.15, 0.2) is 11.2 Å². The first-order valence-electron chi connectivity index (χ1n) is 9.70. The molecule has 1 aliphatic rings. The maximum Gasteiger partial charge on any atom is 0.296 e. The highest BCUT2D eigenvalue weighted by molar-refractivity contribution is 6.42. The minimum atomic E-state index is -0.785. The summed E-state index contributed by atoms with van der Waals surface area (Å²) in [4.78, 5) is 28.4. The van der Waals surface area contributed by atoms with Crippen LogP contribution in [0.5, 0.6) is 0 Å². The van der Waals surface area contributed by atoms with Crippen LogP contribution >= 0.6 is 23.2 Å². The van der Waals surface area contributed by atoms with Gasteiger partial charge in [-0.05, 0) is 48.7 Å². The van der Waals surface area contributed by atoms with E-state index in [1.165, 1.54) is 4.90 Å². The van der Waals surface area contributed by atoms with Crippen molar-refractivity contribution in [1.82, 2.24) is 5.16 Å². The van der Waals surface area contributed by atoms with E-state index in [0.717, 1.165) is 12.0 Å². The van der Waals surface area contributed by atoms with E-state index in [1.807, 2.05) is 13.0 Å². The Bertz CT molecular complexity index is 1420. The summed E-state index contributed by atoms with van der Waals surface area (Å²) < 4.78 is 11.1. The van der Waals surface area contributed by atoms with Crippen LogP contribution in [0.3, 0.4) is 0 Å². The average Bonchev–Trinajstić information content (AvgIpc) is 3.31. The lowest BCUT2D eigenvalue weighted by atomic mass is 9.98. The number of aryl methyl sites for hydroxylation is 2. The fourth-order valence-corrected chi connectivity index (χ4v) is 4.25. The number of anilines is 1. The number of rotatable bonds is 3. The van der Waals surface area contributed by atoms with E-state index < -0.39 is 11.9 Å². The second kappa shape index (κ2) is 7.25. The Morgan fingerprint density at radius 3 is 2.55 bits per heavy atom. The van der Waals surface area contributed by atoms with Crippen LogP contribution in [0.1, 0.15) is 46.0 Å². The van der Waals surface area contributed by atoms with Gasteiger partial charge in [0.2, 0.25) is 5.76 Å². The van der Waals surface area contributed by atoms with Crippen LogP contribution in [0, 0.1) is 6.92 Å². The highest BCUT2D eigenvalue weighted by Crippen LogP contribution is 2.42. The molecule has 8 heteroatoms. The first kappa shape index (κ1) is 19.8. The molecule has 1 aliphatic heterocycles. The summed E-state index contributed by atoms with van der Waals surface area (Å²) in [5.41, 5.74) is 1.95. The third-order valence-corrected chi connectivity index (χ3v) is 6.20. The lowest BCUT2D eigenvalue weighted by Gasteiger charge is -2.22. The van der Waals surface area contributed by atoms with Gasteiger partial charge in [0.1, 0.15) is 11.3 Å². The predicted octanol–water partition coefficient (Wildman–Crippen LogP) is 5.71. The van der Waals surface area contributed by atoms with Gasteiger partial charge in [0.05, 0.1) is 27.0 Å². The molecule has 4 aromatic rings. The van der Waals surface area contributed by atoms with E-state index in [4.69, 9.17) is 32.1 Å². The zero-order valence-corrected chi connectivity index (χ0v) is 18.1. The topological polar surface area (TPSA) is 76.6 Å². The molecule has 2 aromatic carbocycles. The van der Waals surface area contributed by atoms with Gasteiger partial charge in [-0.3, -0.25) is 14.5 Å². The maximum absolute atomic E-state index is 13.6. The smallest absolute Gasteiger partial charge is 0.296 e. The lowest BCUT2D eigenvalue weighted by Crippen LogP contribution is -2.29. The Morgan fingerprint density at radius 2 is 1.87 bits per heavy atom. The van der Waals surface area contributed by atoms with Crippen LogP contribution in [0.15, 0.2) is 56.2 Å². The van der Waals surface area contributed by atoms with Gasteiger partial charge in [-0.2, -0.15) is 0 Å². The zero-order valence-electron chi connectivity index (χ0n) is 16.6. The molecule has 0 saturated heterocycles. The van der Waals surface area contributed by atoms with Crippen molar-refractivity contribution in [2.45, 2.75) is 26.3 Å². The Balaban J connectivity index is 1.82. The minimum Gasteiger partial charge on any atom is -0.450 e. The van der Waals surface area contributed by atoms with Crippen LogP contribution in [-0.4, -0.2) is 11.1 Å². The van der Waals surface area contributed by atoms with Crippen LogP contribution < -0.4 is 10.3 Å². The first-order valence-corrected chi connectivity index (χ1v) is 10.5. The Labute approximate surface area is 187 Å². The fourth-order valence-electron chi connectivity index (χ4n) is 3.94. The summed E-state index contributed by atoms with van der Waals surface area (Å²) in [6.07, 6.45) is 0.770. The van der Waals surface area contributed by atoms with Gasteiger partial charge >= 0.3 is 0 Å². The van der Waals surface area contributed by atoms with Crippen LogP contribution in [-0.2, 0) is 6.42 Å². The zero-order chi connectivity index (χ0) is 21.9. The Morgan fingerprint density at radius 1 is 1.06 bits per heavy atom. The minimum absolute atomic E-state index is 0.0153. The molecular formula is C23H16Cl2N2O4. The molecule has 156 valence electrons.